The quantitative estimate of drug-likeness (QED) is 0.492. The molecule has 1 heterocycles. The average molecular weight is 435 g/mol. The summed E-state index contributed by atoms with van der Waals surface area (Å²) in [6, 6.07) is 6.43. The molecule has 0 aliphatic carbocycles. The van der Waals surface area contributed by atoms with E-state index in [0.29, 0.717) is 17.8 Å². The number of carboxylic acids is 1. The maximum atomic E-state index is 11.7. The Labute approximate surface area is 193 Å². The van der Waals surface area contributed by atoms with E-state index >= 15 is 0 Å². The number of hydrogen-bond donors (Lipinski definition) is 1. The van der Waals surface area contributed by atoms with Gasteiger partial charge in [0, 0.05) is 6.26 Å². The van der Waals surface area contributed by atoms with Gasteiger partial charge in [0.2, 0.25) is 6.61 Å². The van der Waals surface area contributed by atoms with Crippen LogP contribution < -0.4 is 0 Å². The van der Waals surface area contributed by atoms with E-state index in [-0.39, 0.29) is 46.5 Å². The fraction of sp³-hybridized carbons (Fsp3) is 0.474. The molecular weight excluding hydrogens is 409 g/mol. The van der Waals surface area contributed by atoms with E-state index in [4.69, 9.17) is 19.4 Å². The van der Waals surface area contributed by atoms with E-state index in [1.807, 2.05) is 27.7 Å². The van der Waals surface area contributed by atoms with E-state index in [1.165, 1.54) is 12.1 Å². The summed E-state index contributed by atoms with van der Waals surface area (Å²) in [4.78, 5) is 15.7. The fourth-order valence-corrected chi connectivity index (χ4v) is 3.39. The van der Waals surface area contributed by atoms with Crippen LogP contribution in [0.15, 0.2) is 40.1 Å². The Morgan fingerprint density at radius 2 is 1.86 bits per heavy atom. The predicted molar refractivity (Wildman–Crippen MR) is 111 cm³/mol. The van der Waals surface area contributed by atoms with Crippen LogP contribution in [0.2, 0.25) is 0 Å². The summed E-state index contributed by atoms with van der Waals surface area (Å²) in [5, 5.41) is 12.6. The van der Waals surface area contributed by atoms with Crippen LogP contribution in [0.5, 0.6) is 0 Å². The van der Waals surface area contributed by atoms with Crippen LogP contribution in [0.1, 0.15) is 39.7 Å². The Balaban J connectivity index is 0.00000420. The molecule has 10 heteroatoms. The van der Waals surface area contributed by atoms with E-state index in [1.54, 1.807) is 12.1 Å². The van der Waals surface area contributed by atoms with Crippen molar-refractivity contribution in [1.29, 1.82) is 0 Å². The molecule has 0 spiro atoms. The molecule has 0 radical (unpaired) electrons. The van der Waals surface area contributed by atoms with Gasteiger partial charge < -0.3 is 19.4 Å². The predicted octanol–water partition coefficient (Wildman–Crippen LogP) is 2.19. The van der Waals surface area contributed by atoms with Crippen molar-refractivity contribution in [2.75, 3.05) is 12.9 Å². The summed E-state index contributed by atoms with van der Waals surface area (Å²) in [6.45, 7) is 6.86. The van der Waals surface area contributed by atoms with Gasteiger partial charge in [0.1, 0.15) is 5.60 Å². The van der Waals surface area contributed by atoms with Gasteiger partial charge in [-0.15, -0.1) is 0 Å². The molecule has 1 atom stereocenters. The molecule has 1 aromatic rings. The van der Waals surface area contributed by atoms with Crippen molar-refractivity contribution < 1.29 is 32.6 Å². The number of rotatable bonds is 8. The number of hydrogen-bond acceptors (Lipinski definition) is 7. The number of carbonyl (C=O) groups is 1. The number of aliphatic carboxylic acids is 1. The van der Waals surface area contributed by atoms with Crippen molar-refractivity contribution >= 4 is 56.8 Å². The second kappa shape index (κ2) is 9.97. The third-order valence-corrected chi connectivity index (χ3v) is 5.34. The number of ether oxygens (including phenoxy) is 2. The standard InChI is InChI=1S/C19H25NO7S.Na.H/c1-6-19(4)16(13-7-9-14(10-8-13)28(5,23)24)17(26-12(2)3)18(27-19)20-25-11-15(21)22;;/h7-10,12H,6,11H2,1-5H3,(H,21,22);;/t19-;;/m0../s1. The summed E-state index contributed by atoms with van der Waals surface area (Å²) in [5.74, 6) is -0.758. The average Bonchev–Trinajstić information content (AvgIpc) is 2.86. The summed E-state index contributed by atoms with van der Waals surface area (Å²) in [5.41, 5.74) is 0.611. The van der Waals surface area contributed by atoms with Crippen LogP contribution >= 0.6 is 0 Å². The molecule has 1 aliphatic heterocycles. The monoisotopic (exact) mass is 435 g/mol. The van der Waals surface area contributed by atoms with E-state index in [2.05, 4.69) is 5.16 Å². The van der Waals surface area contributed by atoms with Gasteiger partial charge in [-0.2, -0.15) is 0 Å². The van der Waals surface area contributed by atoms with E-state index in [9.17, 15) is 13.2 Å². The first kappa shape index (κ1) is 25.5. The Bertz CT molecular complexity index is 907. The van der Waals surface area contributed by atoms with Crippen LogP contribution in [-0.4, -0.2) is 79.5 Å². The molecule has 0 saturated carbocycles. The SMILES string of the molecule is CC[C@]1(C)OC(=NOCC(=O)O)C(OC(C)C)=C1c1ccc(S(C)(=O)=O)cc1.[NaH]. The van der Waals surface area contributed by atoms with Crippen LogP contribution in [0.3, 0.4) is 0 Å². The molecule has 1 aliphatic rings. The van der Waals surface area contributed by atoms with Crippen molar-refractivity contribution in [2.24, 2.45) is 5.16 Å². The van der Waals surface area contributed by atoms with Crippen LogP contribution in [-0.2, 0) is 28.9 Å². The van der Waals surface area contributed by atoms with Crippen LogP contribution in [0.25, 0.3) is 5.57 Å². The van der Waals surface area contributed by atoms with Crippen LogP contribution in [0.4, 0.5) is 0 Å². The first-order valence-corrected chi connectivity index (χ1v) is 10.7. The molecule has 0 saturated heterocycles. The number of sulfone groups is 1. The number of benzene rings is 1. The molecule has 156 valence electrons. The van der Waals surface area contributed by atoms with E-state index in [0.717, 1.165) is 11.8 Å². The minimum absolute atomic E-state index is 0. The van der Waals surface area contributed by atoms with Gasteiger partial charge in [0.15, 0.2) is 15.6 Å². The van der Waals surface area contributed by atoms with Crippen molar-refractivity contribution in [1.82, 2.24) is 0 Å². The molecular formula is C19H26NNaO7S. The third kappa shape index (κ3) is 6.21. The number of nitrogens with zero attached hydrogens (tertiary/aromatic N) is 1. The molecule has 2 rings (SSSR count). The fourth-order valence-electron chi connectivity index (χ4n) is 2.76. The zero-order valence-corrected chi connectivity index (χ0v) is 17.4. The third-order valence-electron chi connectivity index (χ3n) is 4.21. The molecule has 8 nitrogen and oxygen atoms in total. The van der Waals surface area contributed by atoms with Crippen molar-refractivity contribution in [3.63, 3.8) is 0 Å². The molecule has 1 N–H and O–H groups in total. The normalized spacial score (nSPS) is 20.4. The van der Waals surface area contributed by atoms with Crippen molar-refractivity contribution in [3.05, 3.63) is 35.6 Å². The zero-order valence-electron chi connectivity index (χ0n) is 16.6. The zero-order chi connectivity index (χ0) is 21.1. The van der Waals surface area contributed by atoms with Gasteiger partial charge in [-0.05, 0) is 50.0 Å². The summed E-state index contributed by atoms with van der Waals surface area (Å²) in [7, 11) is -3.32. The van der Waals surface area contributed by atoms with Crippen LogP contribution in [0, 0.1) is 0 Å². The Kier molecular flexibility index (Phi) is 8.76. The number of oxime groups is 1. The van der Waals surface area contributed by atoms with Crippen molar-refractivity contribution in [2.45, 2.75) is 50.7 Å². The Hall–Kier alpha value is -1.55. The van der Waals surface area contributed by atoms with Gasteiger partial charge in [-0.1, -0.05) is 19.1 Å². The maximum absolute atomic E-state index is 11.7. The molecule has 1 aromatic carbocycles. The Morgan fingerprint density at radius 1 is 1.28 bits per heavy atom. The first-order chi connectivity index (χ1) is 13.0. The summed E-state index contributed by atoms with van der Waals surface area (Å²) < 4.78 is 35.4. The molecule has 0 fully saturated rings. The van der Waals surface area contributed by atoms with Crippen molar-refractivity contribution in [3.8, 4) is 0 Å². The molecule has 29 heavy (non-hydrogen) atoms. The topological polar surface area (TPSA) is 111 Å². The summed E-state index contributed by atoms with van der Waals surface area (Å²) >= 11 is 0. The van der Waals surface area contributed by atoms with Gasteiger partial charge >= 0.3 is 35.5 Å². The van der Waals surface area contributed by atoms with Gasteiger partial charge in [-0.3, -0.25) is 0 Å². The second-order valence-corrected chi connectivity index (χ2v) is 8.93. The van der Waals surface area contributed by atoms with Gasteiger partial charge in [0.25, 0.3) is 5.90 Å². The molecule has 0 amide bonds. The summed E-state index contributed by atoms with van der Waals surface area (Å²) in [6.07, 6.45) is 1.51. The Morgan fingerprint density at radius 3 is 2.31 bits per heavy atom. The molecule has 0 unspecified atom stereocenters. The van der Waals surface area contributed by atoms with E-state index < -0.39 is 28.0 Å². The molecule has 0 bridgehead atoms. The number of carboxylic acid groups (broad SMARTS) is 1. The van der Waals surface area contributed by atoms with Gasteiger partial charge in [0.05, 0.1) is 16.6 Å². The molecule has 0 aromatic heterocycles. The van der Waals surface area contributed by atoms with Gasteiger partial charge in [-0.25, -0.2) is 13.2 Å². The second-order valence-electron chi connectivity index (χ2n) is 6.92. The first-order valence-electron chi connectivity index (χ1n) is 8.81. The minimum atomic E-state index is -3.32.